The molecule has 0 aliphatic carbocycles. The molecule has 11 nitrogen and oxygen atoms in total. The molecule has 0 saturated carbocycles. The molecule has 0 aliphatic rings. The van der Waals surface area contributed by atoms with Crippen molar-refractivity contribution in [3.05, 3.63) is 74.4 Å². The standard InChI is InChI=1S/C26H30FN5O4S.C3H8O2/c1-15(2)29-24(34)26(4,5)32-21(33)20-16(3)22(31-12-7-11-28-31)37-23(20)30(25(32)35)13-10-17-14-18(27)8-9-19(17)36-6;1-5-3-2-4/h7-9,11-12,14-15H,10,13H2,1-6H3,(H,29,34);4H,2-3H2,1H3. The first-order chi connectivity index (χ1) is 19.9. The number of aromatic nitrogens is 4. The number of hydrogen-bond donors (Lipinski definition) is 2. The van der Waals surface area contributed by atoms with Crippen LogP contribution in [-0.4, -0.2) is 63.4 Å². The largest absolute Gasteiger partial charge is 0.496 e. The van der Waals surface area contributed by atoms with Crippen molar-refractivity contribution in [1.82, 2.24) is 24.2 Å². The number of thiophene rings is 1. The van der Waals surface area contributed by atoms with E-state index in [1.54, 1.807) is 51.0 Å². The number of carbonyl (C=O) groups is 1. The number of fused-ring (bicyclic) bond motifs is 1. The predicted molar refractivity (Wildman–Crippen MR) is 160 cm³/mol. The molecule has 228 valence electrons. The topological polar surface area (TPSA) is 130 Å². The summed E-state index contributed by atoms with van der Waals surface area (Å²) in [7, 11) is 3.05. The molecule has 3 aromatic heterocycles. The van der Waals surface area contributed by atoms with Gasteiger partial charge < -0.3 is 19.9 Å². The summed E-state index contributed by atoms with van der Waals surface area (Å²) in [5, 5.41) is 16.1. The molecule has 42 heavy (non-hydrogen) atoms. The average Bonchev–Trinajstić information content (AvgIpc) is 3.57. The Labute approximate surface area is 247 Å². The van der Waals surface area contributed by atoms with Crippen molar-refractivity contribution >= 4 is 27.5 Å². The Bertz CT molecular complexity index is 1640. The maximum Gasteiger partial charge on any atom is 0.333 e. The van der Waals surface area contributed by atoms with Gasteiger partial charge in [-0.2, -0.15) is 5.10 Å². The SMILES string of the molecule is COCCO.COc1ccc(F)cc1CCn1c(=O)n(C(C)(C)C(=O)NC(C)C)c(=O)c2c(C)c(-n3cccn3)sc21. The maximum atomic E-state index is 14.0. The minimum Gasteiger partial charge on any atom is -0.496 e. The van der Waals surface area contributed by atoms with Crippen LogP contribution in [0.1, 0.15) is 38.8 Å². The van der Waals surface area contributed by atoms with Gasteiger partial charge in [-0.3, -0.25) is 14.2 Å². The van der Waals surface area contributed by atoms with Gasteiger partial charge in [0.1, 0.15) is 26.9 Å². The van der Waals surface area contributed by atoms with E-state index < -0.39 is 28.5 Å². The molecular weight excluding hydrogens is 565 g/mol. The summed E-state index contributed by atoms with van der Waals surface area (Å²) in [6.07, 6.45) is 3.65. The number of halogens is 1. The Morgan fingerprint density at radius 1 is 1.24 bits per heavy atom. The van der Waals surface area contributed by atoms with E-state index in [2.05, 4.69) is 15.2 Å². The van der Waals surface area contributed by atoms with Gasteiger partial charge >= 0.3 is 5.69 Å². The zero-order valence-electron chi connectivity index (χ0n) is 24.9. The van der Waals surface area contributed by atoms with Gasteiger partial charge in [-0.05, 0) is 70.9 Å². The summed E-state index contributed by atoms with van der Waals surface area (Å²) < 4.78 is 28.0. The summed E-state index contributed by atoms with van der Waals surface area (Å²) in [4.78, 5) is 41.3. The fraction of sp³-hybridized carbons (Fsp3) is 0.448. The van der Waals surface area contributed by atoms with Crippen LogP contribution in [0.15, 0.2) is 46.2 Å². The smallest absolute Gasteiger partial charge is 0.333 e. The van der Waals surface area contributed by atoms with Crippen LogP contribution in [0.25, 0.3) is 15.2 Å². The van der Waals surface area contributed by atoms with Crippen LogP contribution in [-0.2, 0) is 28.0 Å². The van der Waals surface area contributed by atoms with Gasteiger partial charge in [-0.25, -0.2) is 18.4 Å². The average molecular weight is 604 g/mol. The minimum atomic E-state index is -1.47. The third kappa shape index (κ3) is 6.80. The number of nitrogens with one attached hydrogen (secondary N) is 1. The first-order valence-corrected chi connectivity index (χ1v) is 14.2. The van der Waals surface area contributed by atoms with E-state index in [0.717, 1.165) is 4.57 Å². The fourth-order valence-electron chi connectivity index (χ4n) is 4.44. The Balaban J connectivity index is 0.000000892. The molecular formula is C29H38FN5O6S. The molecule has 1 amide bonds. The lowest BCUT2D eigenvalue weighted by Crippen LogP contribution is -2.56. The molecule has 2 N–H and O–H groups in total. The number of ether oxygens (including phenoxy) is 2. The number of rotatable bonds is 10. The van der Waals surface area contributed by atoms with Crippen LogP contribution in [0.5, 0.6) is 5.75 Å². The molecule has 3 heterocycles. The minimum absolute atomic E-state index is 0.122. The van der Waals surface area contributed by atoms with E-state index in [1.807, 2.05) is 13.8 Å². The Morgan fingerprint density at radius 2 is 1.95 bits per heavy atom. The van der Waals surface area contributed by atoms with E-state index in [0.29, 0.717) is 38.7 Å². The molecule has 13 heteroatoms. The number of aryl methyl sites for hydroxylation is 3. The second-order valence-electron chi connectivity index (χ2n) is 10.3. The number of aliphatic hydroxyl groups is 1. The molecule has 0 bridgehead atoms. The number of nitrogens with zero attached hydrogens (tertiary/aromatic N) is 4. The van der Waals surface area contributed by atoms with Crippen molar-refractivity contribution in [2.75, 3.05) is 27.4 Å². The Hall–Kier alpha value is -3.81. The monoisotopic (exact) mass is 603 g/mol. The van der Waals surface area contributed by atoms with Crippen molar-refractivity contribution < 1.29 is 23.8 Å². The Morgan fingerprint density at radius 3 is 2.50 bits per heavy atom. The molecule has 0 saturated heterocycles. The van der Waals surface area contributed by atoms with E-state index >= 15 is 0 Å². The lowest BCUT2D eigenvalue weighted by Gasteiger charge is -2.27. The molecule has 0 unspecified atom stereocenters. The highest BCUT2D eigenvalue weighted by Gasteiger charge is 2.35. The van der Waals surface area contributed by atoms with Crippen molar-refractivity contribution in [3.8, 4) is 10.8 Å². The van der Waals surface area contributed by atoms with Crippen LogP contribution in [0.2, 0.25) is 0 Å². The highest BCUT2D eigenvalue weighted by Crippen LogP contribution is 2.31. The van der Waals surface area contributed by atoms with Gasteiger partial charge in [0.15, 0.2) is 0 Å². The first-order valence-electron chi connectivity index (χ1n) is 13.4. The van der Waals surface area contributed by atoms with Gasteiger partial charge in [0, 0.05) is 37.7 Å². The quantitative estimate of drug-likeness (QED) is 0.285. The van der Waals surface area contributed by atoms with Crippen molar-refractivity contribution in [3.63, 3.8) is 0 Å². The lowest BCUT2D eigenvalue weighted by atomic mass is 10.0. The molecule has 0 fully saturated rings. The number of aliphatic hydroxyl groups excluding tert-OH is 1. The summed E-state index contributed by atoms with van der Waals surface area (Å²) in [6.45, 7) is 9.22. The normalized spacial score (nSPS) is 11.5. The number of hydrogen-bond acceptors (Lipinski definition) is 8. The lowest BCUT2D eigenvalue weighted by molar-refractivity contribution is -0.129. The maximum absolute atomic E-state index is 14.0. The number of amides is 1. The second-order valence-corrected chi connectivity index (χ2v) is 11.3. The highest BCUT2D eigenvalue weighted by atomic mass is 32.1. The Kier molecular flexibility index (Phi) is 10.8. The van der Waals surface area contributed by atoms with Crippen molar-refractivity contribution in [1.29, 1.82) is 0 Å². The van der Waals surface area contributed by atoms with E-state index in [9.17, 15) is 18.8 Å². The molecule has 0 spiro atoms. The fourth-order valence-corrected chi connectivity index (χ4v) is 5.70. The van der Waals surface area contributed by atoms with Gasteiger partial charge in [0.05, 0.1) is 25.7 Å². The third-order valence-corrected chi connectivity index (χ3v) is 7.88. The van der Waals surface area contributed by atoms with Gasteiger partial charge in [-0.1, -0.05) is 11.3 Å². The summed E-state index contributed by atoms with van der Waals surface area (Å²) in [5.41, 5.74) is -1.40. The summed E-state index contributed by atoms with van der Waals surface area (Å²) >= 11 is 1.27. The van der Waals surface area contributed by atoms with Crippen LogP contribution in [0.3, 0.4) is 0 Å². The van der Waals surface area contributed by atoms with Crippen LogP contribution in [0, 0.1) is 12.7 Å². The predicted octanol–water partition coefficient (Wildman–Crippen LogP) is 2.99. The van der Waals surface area contributed by atoms with Crippen LogP contribution < -0.4 is 21.3 Å². The number of carbonyl (C=O) groups excluding carboxylic acids is 1. The molecule has 0 aliphatic heterocycles. The molecule has 0 atom stereocenters. The second kappa shape index (κ2) is 13.9. The van der Waals surface area contributed by atoms with Crippen LogP contribution >= 0.6 is 11.3 Å². The van der Waals surface area contributed by atoms with E-state index in [1.165, 1.54) is 41.2 Å². The zero-order chi connectivity index (χ0) is 31.2. The van der Waals surface area contributed by atoms with Crippen molar-refractivity contribution in [2.24, 2.45) is 0 Å². The highest BCUT2D eigenvalue weighted by molar-refractivity contribution is 7.21. The zero-order valence-corrected chi connectivity index (χ0v) is 25.7. The molecule has 4 rings (SSSR count). The summed E-state index contributed by atoms with van der Waals surface area (Å²) in [6, 6.07) is 5.80. The third-order valence-electron chi connectivity index (χ3n) is 6.58. The van der Waals surface area contributed by atoms with E-state index in [-0.39, 0.29) is 25.6 Å². The van der Waals surface area contributed by atoms with Gasteiger partial charge in [0.25, 0.3) is 5.56 Å². The number of methoxy groups -OCH3 is 2. The van der Waals surface area contributed by atoms with Gasteiger partial charge in [0.2, 0.25) is 5.91 Å². The molecule has 1 aromatic carbocycles. The van der Waals surface area contributed by atoms with Crippen LogP contribution in [0.4, 0.5) is 4.39 Å². The van der Waals surface area contributed by atoms with E-state index in [4.69, 9.17) is 9.84 Å². The van der Waals surface area contributed by atoms with Crippen molar-refractivity contribution in [2.45, 2.75) is 59.2 Å². The number of benzene rings is 1. The van der Waals surface area contributed by atoms with Gasteiger partial charge in [-0.15, -0.1) is 0 Å². The molecule has 4 aromatic rings. The summed E-state index contributed by atoms with van der Waals surface area (Å²) in [5.74, 6) is -0.368. The first kappa shape index (κ1) is 32.7. The molecule has 0 radical (unpaired) electrons.